The summed E-state index contributed by atoms with van der Waals surface area (Å²) < 4.78 is 0. The van der Waals surface area contributed by atoms with E-state index in [1.54, 1.807) is 11.8 Å². The largest absolute Gasteiger partial charge is 0.317 e. The van der Waals surface area contributed by atoms with Crippen LogP contribution >= 0.6 is 11.8 Å². The third kappa shape index (κ3) is 1.75. The van der Waals surface area contributed by atoms with E-state index < -0.39 is 0 Å². The lowest BCUT2D eigenvalue weighted by atomic mass is 9.98. The lowest BCUT2D eigenvalue weighted by Crippen LogP contribution is -2.56. The predicted octanol–water partition coefficient (Wildman–Crippen LogP) is 1.58. The molecule has 0 aromatic heterocycles. The summed E-state index contributed by atoms with van der Waals surface area (Å²) >= 11 is 1.73. The quantitative estimate of drug-likeness (QED) is 0.878. The number of carbonyl (C=O) groups excluding carboxylic acids is 1. The molecule has 2 aliphatic heterocycles. The number of amides is 1. The number of benzene rings is 1. The molecule has 0 saturated carbocycles. The molecule has 2 fully saturated rings. The van der Waals surface area contributed by atoms with Gasteiger partial charge in [0.1, 0.15) is 5.66 Å². The van der Waals surface area contributed by atoms with Crippen LogP contribution in [0, 0.1) is 0 Å². The van der Waals surface area contributed by atoms with Crippen LogP contribution in [0.3, 0.4) is 0 Å². The number of hydrogen-bond acceptors (Lipinski definition) is 3. The third-order valence-corrected chi connectivity index (χ3v) is 4.96. The summed E-state index contributed by atoms with van der Waals surface area (Å²) in [6.45, 7) is 3.88. The highest BCUT2D eigenvalue weighted by Gasteiger charge is 2.47. The van der Waals surface area contributed by atoms with Gasteiger partial charge >= 0.3 is 0 Å². The molecule has 0 spiro atoms. The van der Waals surface area contributed by atoms with Gasteiger partial charge in [-0.05, 0) is 17.5 Å². The number of nitrogens with zero attached hydrogens (tertiary/aromatic N) is 1. The van der Waals surface area contributed by atoms with Crippen molar-refractivity contribution in [1.82, 2.24) is 10.2 Å². The number of fused-ring (bicyclic) bond motifs is 1. The van der Waals surface area contributed by atoms with E-state index in [0.717, 1.165) is 25.3 Å². The standard InChI is InChI=1S/C14H18N2OS/c1-2-11-3-5-12(6-4-11)14-10-18-9-13(17)16(14)8-7-15-14/h3-6,15H,2,7-10H2,1H3. The fraction of sp³-hybridized carbons (Fsp3) is 0.500. The number of rotatable bonds is 2. The van der Waals surface area contributed by atoms with Gasteiger partial charge in [-0.3, -0.25) is 10.1 Å². The van der Waals surface area contributed by atoms with Gasteiger partial charge in [-0.1, -0.05) is 31.2 Å². The Kier molecular flexibility index (Phi) is 3.08. The van der Waals surface area contributed by atoms with Crippen LogP contribution in [0.15, 0.2) is 24.3 Å². The maximum absolute atomic E-state index is 12.0. The molecular formula is C14H18N2OS. The van der Waals surface area contributed by atoms with Crippen molar-refractivity contribution in [2.75, 3.05) is 24.6 Å². The van der Waals surface area contributed by atoms with Crippen LogP contribution in [-0.4, -0.2) is 35.4 Å². The average molecular weight is 262 g/mol. The summed E-state index contributed by atoms with van der Waals surface area (Å²) in [5.74, 6) is 1.83. The van der Waals surface area contributed by atoms with Crippen molar-refractivity contribution in [3.63, 3.8) is 0 Å². The van der Waals surface area contributed by atoms with Crippen LogP contribution in [-0.2, 0) is 16.9 Å². The molecular weight excluding hydrogens is 244 g/mol. The predicted molar refractivity (Wildman–Crippen MR) is 74.5 cm³/mol. The molecule has 3 nitrogen and oxygen atoms in total. The molecule has 0 radical (unpaired) electrons. The Morgan fingerprint density at radius 2 is 2.17 bits per heavy atom. The summed E-state index contributed by atoms with van der Waals surface area (Å²) in [7, 11) is 0. The van der Waals surface area contributed by atoms with Crippen molar-refractivity contribution in [3.8, 4) is 0 Å². The van der Waals surface area contributed by atoms with Gasteiger partial charge in [-0.25, -0.2) is 0 Å². The van der Waals surface area contributed by atoms with Crippen LogP contribution in [0.5, 0.6) is 0 Å². The zero-order valence-electron chi connectivity index (χ0n) is 10.6. The van der Waals surface area contributed by atoms with E-state index in [1.807, 2.05) is 4.90 Å². The SMILES string of the molecule is CCc1ccc(C23CSCC(=O)N2CCN3)cc1. The zero-order chi connectivity index (χ0) is 12.6. The maximum atomic E-state index is 12.0. The highest BCUT2D eigenvalue weighted by atomic mass is 32.2. The highest BCUT2D eigenvalue weighted by molar-refractivity contribution is 8.00. The lowest BCUT2D eigenvalue weighted by Gasteiger charge is -2.42. The summed E-state index contributed by atoms with van der Waals surface area (Å²) in [4.78, 5) is 14.1. The van der Waals surface area contributed by atoms with Crippen molar-refractivity contribution >= 4 is 17.7 Å². The van der Waals surface area contributed by atoms with Gasteiger partial charge in [-0.15, -0.1) is 11.8 Å². The zero-order valence-corrected chi connectivity index (χ0v) is 11.4. The van der Waals surface area contributed by atoms with Crippen molar-refractivity contribution in [2.45, 2.75) is 19.0 Å². The van der Waals surface area contributed by atoms with Gasteiger partial charge < -0.3 is 4.90 Å². The van der Waals surface area contributed by atoms with Gasteiger partial charge in [0, 0.05) is 18.8 Å². The van der Waals surface area contributed by atoms with Gasteiger partial charge in [0.2, 0.25) is 5.91 Å². The molecule has 96 valence electrons. The van der Waals surface area contributed by atoms with Gasteiger partial charge in [0.05, 0.1) is 5.75 Å². The van der Waals surface area contributed by atoms with Crippen molar-refractivity contribution < 1.29 is 4.79 Å². The Hall–Kier alpha value is -1.00. The molecule has 1 aromatic rings. The second-order valence-electron chi connectivity index (χ2n) is 4.88. The Labute approximate surface area is 112 Å². The summed E-state index contributed by atoms with van der Waals surface area (Å²) in [5, 5.41) is 3.54. The first-order chi connectivity index (χ1) is 8.76. The van der Waals surface area contributed by atoms with Crippen molar-refractivity contribution in [3.05, 3.63) is 35.4 Å². The molecule has 1 atom stereocenters. The summed E-state index contributed by atoms with van der Waals surface area (Å²) in [5.41, 5.74) is 2.30. The minimum absolute atomic E-state index is 0.258. The molecule has 2 aliphatic rings. The van der Waals surface area contributed by atoms with E-state index in [0.29, 0.717) is 5.75 Å². The lowest BCUT2D eigenvalue weighted by molar-refractivity contribution is -0.133. The second kappa shape index (κ2) is 4.59. The molecule has 1 unspecified atom stereocenters. The first-order valence-corrected chi connectivity index (χ1v) is 7.64. The number of aryl methyl sites for hydroxylation is 1. The van der Waals surface area contributed by atoms with E-state index >= 15 is 0 Å². The topological polar surface area (TPSA) is 32.3 Å². The molecule has 3 rings (SSSR count). The number of nitrogens with one attached hydrogen (secondary N) is 1. The van der Waals surface area contributed by atoms with E-state index in [4.69, 9.17) is 0 Å². The molecule has 2 heterocycles. The molecule has 4 heteroatoms. The monoisotopic (exact) mass is 262 g/mol. The molecule has 0 aliphatic carbocycles. The molecule has 1 aromatic carbocycles. The van der Waals surface area contributed by atoms with E-state index in [1.165, 1.54) is 11.1 Å². The number of hydrogen-bond donors (Lipinski definition) is 1. The number of carbonyl (C=O) groups is 1. The van der Waals surface area contributed by atoms with E-state index in [9.17, 15) is 4.79 Å². The Bertz CT molecular complexity index is 459. The number of thioether (sulfide) groups is 1. The van der Waals surface area contributed by atoms with Crippen LogP contribution in [0.1, 0.15) is 18.1 Å². The van der Waals surface area contributed by atoms with Gasteiger partial charge in [0.25, 0.3) is 0 Å². The second-order valence-corrected chi connectivity index (χ2v) is 5.86. The van der Waals surface area contributed by atoms with Gasteiger partial charge in [-0.2, -0.15) is 0 Å². The Morgan fingerprint density at radius 3 is 2.89 bits per heavy atom. The molecule has 1 N–H and O–H groups in total. The van der Waals surface area contributed by atoms with Crippen molar-refractivity contribution in [1.29, 1.82) is 0 Å². The average Bonchev–Trinajstić information content (AvgIpc) is 2.85. The third-order valence-electron chi connectivity index (χ3n) is 3.89. The van der Waals surface area contributed by atoms with E-state index in [2.05, 4.69) is 36.5 Å². The Balaban J connectivity index is 1.98. The first-order valence-electron chi connectivity index (χ1n) is 6.49. The molecule has 0 bridgehead atoms. The Morgan fingerprint density at radius 1 is 1.39 bits per heavy atom. The van der Waals surface area contributed by atoms with Crippen LogP contribution in [0.25, 0.3) is 0 Å². The normalized spacial score (nSPS) is 27.4. The van der Waals surface area contributed by atoms with Crippen LogP contribution in [0.2, 0.25) is 0 Å². The van der Waals surface area contributed by atoms with E-state index in [-0.39, 0.29) is 11.6 Å². The van der Waals surface area contributed by atoms with Crippen LogP contribution < -0.4 is 5.32 Å². The maximum Gasteiger partial charge on any atom is 0.234 e. The fourth-order valence-electron chi connectivity index (χ4n) is 2.85. The summed E-state index contributed by atoms with van der Waals surface area (Å²) in [6.07, 6.45) is 1.05. The van der Waals surface area contributed by atoms with Gasteiger partial charge in [0.15, 0.2) is 0 Å². The minimum atomic E-state index is -0.258. The smallest absolute Gasteiger partial charge is 0.234 e. The van der Waals surface area contributed by atoms with Crippen LogP contribution in [0.4, 0.5) is 0 Å². The van der Waals surface area contributed by atoms with Crippen molar-refractivity contribution in [2.24, 2.45) is 0 Å². The fourth-order valence-corrected chi connectivity index (χ4v) is 4.00. The molecule has 2 saturated heterocycles. The minimum Gasteiger partial charge on any atom is -0.317 e. The highest BCUT2D eigenvalue weighted by Crippen LogP contribution is 2.36. The summed E-state index contributed by atoms with van der Waals surface area (Å²) in [6, 6.07) is 8.69. The first kappa shape index (κ1) is 12.1. The molecule has 18 heavy (non-hydrogen) atoms. The molecule has 1 amide bonds.